The fraction of sp³-hybridized carbons (Fsp3) is 0.211. The minimum atomic E-state index is -0.0737. The summed E-state index contributed by atoms with van der Waals surface area (Å²) in [5.74, 6) is 1.47. The van der Waals surface area contributed by atoms with Crippen LogP contribution in [0.1, 0.15) is 12.8 Å². The number of hydrogen-bond donors (Lipinski definition) is 1. The average molecular weight is 369 g/mol. The first-order valence-electron chi connectivity index (χ1n) is 8.17. The molecule has 3 rings (SSSR count). The summed E-state index contributed by atoms with van der Waals surface area (Å²) < 4.78 is 10.7. The first kappa shape index (κ1) is 17.9. The molecular weight excluding hydrogens is 350 g/mol. The predicted molar refractivity (Wildman–Crippen MR) is 102 cm³/mol. The number of pyridine rings is 1. The zero-order chi connectivity index (χ0) is 18.2. The molecule has 0 bridgehead atoms. The molecule has 134 valence electrons. The van der Waals surface area contributed by atoms with Crippen LogP contribution in [-0.2, 0) is 4.79 Å². The minimum absolute atomic E-state index is 0.0737. The number of benzene rings is 1. The van der Waals surface area contributed by atoms with Crippen molar-refractivity contribution in [2.75, 3.05) is 19.0 Å². The van der Waals surface area contributed by atoms with Gasteiger partial charge in [0.2, 0.25) is 5.91 Å². The van der Waals surface area contributed by atoms with Crippen LogP contribution in [0.4, 0.5) is 5.13 Å². The molecule has 26 heavy (non-hydrogen) atoms. The van der Waals surface area contributed by atoms with Crippen molar-refractivity contribution in [2.45, 2.75) is 12.8 Å². The summed E-state index contributed by atoms with van der Waals surface area (Å²) in [6.45, 7) is 0.471. The summed E-state index contributed by atoms with van der Waals surface area (Å²) in [5, 5.41) is 5.31. The molecule has 0 aliphatic carbocycles. The van der Waals surface area contributed by atoms with E-state index in [4.69, 9.17) is 9.47 Å². The van der Waals surface area contributed by atoms with Crippen LogP contribution in [0.5, 0.6) is 11.5 Å². The fourth-order valence-corrected chi connectivity index (χ4v) is 2.99. The molecule has 2 aromatic heterocycles. The molecule has 2 heterocycles. The summed E-state index contributed by atoms with van der Waals surface area (Å²) in [5.41, 5.74) is 1.73. The Morgan fingerprint density at radius 2 is 2.00 bits per heavy atom. The van der Waals surface area contributed by atoms with E-state index in [0.717, 1.165) is 22.8 Å². The zero-order valence-corrected chi connectivity index (χ0v) is 15.2. The lowest BCUT2D eigenvalue weighted by Crippen LogP contribution is -2.12. The van der Waals surface area contributed by atoms with E-state index >= 15 is 0 Å². The standard InChI is InChI=1S/C19H19N3O3S/c1-24-15-6-8-16(9-7-15)25-11-3-5-18(23)22-19-21-17(13-26-19)14-4-2-10-20-12-14/h2,4,6-10,12-13H,3,5,11H2,1H3,(H,21,22,23). The van der Waals surface area contributed by atoms with Crippen LogP contribution in [0.2, 0.25) is 0 Å². The monoisotopic (exact) mass is 369 g/mol. The number of aromatic nitrogens is 2. The third-order valence-electron chi connectivity index (χ3n) is 3.58. The number of hydrogen-bond acceptors (Lipinski definition) is 6. The van der Waals surface area contributed by atoms with Gasteiger partial charge in [0.1, 0.15) is 11.5 Å². The third-order valence-corrected chi connectivity index (χ3v) is 4.34. The van der Waals surface area contributed by atoms with E-state index in [1.807, 2.05) is 41.8 Å². The number of methoxy groups -OCH3 is 1. The second-order valence-corrected chi connectivity index (χ2v) is 6.31. The molecule has 0 aliphatic rings. The smallest absolute Gasteiger partial charge is 0.226 e. The Morgan fingerprint density at radius 3 is 2.73 bits per heavy atom. The highest BCUT2D eigenvalue weighted by atomic mass is 32.1. The van der Waals surface area contributed by atoms with Crippen molar-refractivity contribution >= 4 is 22.4 Å². The number of ether oxygens (including phenoxy) is 2. The van der Waals surface area contributed by atoms with E-state index in [-0.39, 0.29) is 5.91 Å². The SMILES string of the molecule is COc1ccc(OCCCC(=O)Nc2nc(-c3cccnc3)cs2)cc1. The van der Waals surface area contributed by atoms with Gasteiger partial charge in [-0.3, -0.25) is 9.78 Å². The van der Waals surface area contributed by atoms with E-state index in [9.17, 15) is 4.79 Å². The van der Waals surface area contributed by atoms with Gasteiger partial charge >= 0.3 is 0 Å². The van der Waals surface area contributed by atoms with Crippen molar-refractivity contribution in [3.8, 4) is 22.8 Å². The number of anilines is 1. The molecule has 1 aromatic carbocycles. The largest absolute Gasteiger partial charge is 0.497 e. The van der Waals surface area contributed by atoms with Gasteiger partial charge in [-0.1, -0.05) is 0 Å². The van der Waals surface area contributed by atoms with Crippen LogP contribution in [-0.4, -0.2) is 29.6 Å². The Morgan fingerprint density at radius 1 is 1.19 bits per heavy atom. The Hall–Kier alpha value is -2.93. The maximum absolute atomic E-state index is 12.0. The molecule has 1 N–H and O–H groups in total. The van der Waals surface area contributed by atoms with Gasteiger partial charge in [-0.15, -0.1) is 11.3 Å². The van der Waals surface area contributed by atoms with Crippen molar-refractivity contribution in [3.05, 3.63) is 54.2 Å². The summed E-state index contributed by atoms with van der Waals surface area (Å²) in [6, 6.07) is 11.2. The highest BCUT2D eigenvalue weighted by molar-refractivity contribution is 7.14. The third kappa shape index (κ3) is 5.03. The normalized spacial score (nSPS) is 10.3. The highest BCUT2D eigenvalue weighted by Crippen LogP contribution is 2.24. The highest BCUT2D eigenvalue weighted by Gasteiger charge is 2.08. The van der Waals surface area contributed by atoms with Crippen LogP contribution in [0, 0.1) is 0 Å². The van der Waals surface area contributed by atoms with Gasteiger partial charge < -0.3 is 14.8 Å². The first-order chi connectivity index (χ1) is 12.7. The quantitative estimate of drug-likeness (QED) is 0.607. The molecular formula is C19H19N3O3S. The molecule has 0 aliphatic heterocycles. The number of nitrogens with one attached hydrogen (secondary N) is 1. The lowest BCUT2D eigenvalue weighted by atomic mass is 10.2. The second-order valence-electron chi connectivity index (χ2n) is 5.46. The van der Waals surface area contributed by atoms with Crippen LogP contribution in [0.15, 0.2) is 54.2 Å². The second kappa shape index (κ2) is 8.96. The number of carbonyl (C=O) groups excluding carboxylic acids is 1. The van der Waals surface area contributed by atoms with Gasteiger partial charge in [-0.2, -0.15) is 0 Å². The molecule has 6 nitrogen and oxygen atoms in total. The fourth-order valence-electron chi connectivity index (χ4n) is 2.25. The molecule has 0 spiro atoms. The molecule has 0 saturated carbocycles. The van der Waals surface area contributed by atoms with Crippen molar-refractivity contribution < 1.29 is 14.3 Å². The molecule has 0 atom stereocenters. The lowest BCUT2D eigenvalue weighted by Gasteiger charge is -2.07. The molecule has 0 fully saturated rings. The topological polar surface area (TPSA) is 73.3 Å². The van der Waals surface area contributed by atoms with Crippen LogP contribution >= 0.6 is 11.3 Å². The molecule has 0 radical (unpaired) electrons. The van der Waals surface area contributed by atoms with Gasteiger partial charge in [-0.05, 0) is 42.8 Å². The number of thiazole rings is 1. The van der Waals surface area contributed by atoms with E-state index in [2.05, 4.69) is 15.3 Å². The number of nitrogens with zero attached hydrogens (tertiary/aromatic N) is 2. The zero-order valence-electron chi connectivity index (χ0n) is 14.3. The molecule has 1 amide bonds. The minimum Gasteiger partial charge on any atom is -0.497 e. The Labute approximate surface area is 155 Å². The molecule has 0 unspecified atom stereocenters. The van der Waals surface area contributed by atoms with Crippen molar-refractivity contribution in [1.82, 2.24) is 9.97 Å². The van der Waals surface area contributed by atoms with Gasteiger partial charge in [0.15, 0.2) is 5.13 Å². The summed E-state index contributed by atoms with van der Waals surface area (Å²) in [4.78, 5) is 20.5. The van der Waals surface area contributed by atoms with E-state index < -0.39 is 0 Å². The van der Waals surface area contributed by atoms with Gasteiger partial charge in [0.25, 0.3) is 0 Å². The maximum Gasteiger partial charge on any atom is 0.226 e. The van der Waals surface area contributed by atoms with E-state index in [1.165, 1.54) is 11.3 Å². The summed E-state index contributed by atoms with van der Waals surface area (Å²) in [6.07, 6.45) is 4.46. The Balaban J connectivity index is 1.41. The maximum atomic E-state index is 12.0. The van der Waals surface area contributed by atoms with Gasteiger partial charge in [-0.25, -0.2) is 4.98 Å². The van der Waals surface area contributed by atoms with E-state index in [0.29, 0.717) is 24.6 Å². The van der Waals surface area contributed by atoms with Gasteiger partial charge in [0, 0.05) is 29.8 Å². The number of amides is 1. The lowest BCUT2D eigenvalue weighted by molar-refractivity contribution is -0.116. The summed E-state index contributed by atoms with van der Waals surface area (Å²) in [7, 11) is 1.62. The van der Waals surface area contributed by atoms with Crippen molar-refractivity contribution in [1.29, 1.82) is 0 Å². The first-order valence-corrected chi connectivity index (χ1v) is 9.05. The van der Waals surface area contributed by atoms with Crippen LogP contribution < -0.4 is 14.8 Å². The molecule has 3 aromatic rings. The number of rotatable bonds is 8. The number of carbonyl (C=O) groups is 1. The van der Waals surface area contributed by atoms with Crippen LogP contribution in [0.25, 0.3) is 11.3 Å². The van der Waals surface area contributed by atoms with Crippen molar-refractivity contribution in [3.63, 3.8) is 0 Å². The molecule has 0 saturated heterocycles. The Kier molecular flexibility index (Phi) is 6.16. The van der Waals surface area contributed by atoms with E-state index in [1.54, 1.807) is 19.5 Å². The summed E-state index contributed by atoms with van der Waals surface area (Å²) >= 11 is 1.40. The van der Waals surface area contributed by atoms with Gasteiger partial charge in [0.05, 0.1) is 19.4 Å². The Bertz CT molecular complexity index is 835. The van der Waals surface area contributed by atoms with Crippen LogP contribution in [0.3, 0.4) is 0 Å². The van der Waals surface area contributed by atoms with Crippen molar-refractivity contribution in [2.24, 2.45) is 0 Å². The molecule has 7 heteroatoms. The predicted octanol–water partition coefficient (Wildman–Crippen LogP) is 4.01. The average Bonchev–Trinajstić information content (AvgIpc) is 3.15.